The van der Waals surface area contributed by atoms with Crippen molar-refractivity contribution >= 4 is 23.2 Å². The summed E-state index contributed by atoms with van der Waals surface area (Å²) >= 11 is 6.09. The van der Waals surface area contributed by atoms with Crippen molar-refractivity contribution < 1.29 is 14.1 Å². The zero-order valence-corrected chi connectivity index (χ0v) is 15.4. The first-order chi connectivity index (χ1) is 12.6. The number of rotatable bonds is 6. The maximum Gasteiger partial charge on any atom is 0.265 e. The first-order valence-electron chi connectivity index (χ1n) is 8.20. The molecule has 3 aromatic rings. The Hall–Kier alpha value is -2.79. The number of hydrogen-bond acceptors (Lipinski definition) is 4. The van der Waals surface area contributed by atoms with Crippen LogP contribution in [0.5, 0.6) is 5.75 Å². The van der Waals surface area contributed by atoms with Gasteiger partial charge in [-0.1, -0.05) is 47.1 Å². The molecule has 2 aromatic carbocycles. The first-order valence-corrected chi connectivity index (χ1v) is 8.58. The molecule has 0 aliphatic rings. The normalized spacial score (nSPS) is 10.6. The van der Waals surface area contributed by atoms with Gasteiger partial charge in [-0.3, -0.25) is 4.79 Å². The van der Waals surface area contributed by atoms with E-state index in [2.05, 4.69) is 5.16 Å². The number of amides is 1. The third kappa shape index (κ3) is 4.06. The minimum atomic E-state index is -0.184. The molecule has 6 heteroatoms. The molecule has 0 saturated carbocycles. The van der Waals surface area contributed by atoms with Crippen LogP contribution in [0.2, 0.25) is 5.02 Å². The van der Waals surface area contributed by atoms with Gasteiger partial charge in [0.15, 0.2) is 6.61 Å². The number of carbonyl (C=O) groups is 1. The Bertz CT molecular complexity index is 874. The molecule has 0 fully saturated rings. The van der Waals surface area contributed by atoms with Gasteiger partial charge in [-0.15, -0.1) is 0 Å². The highest BCUT2D eigenvalue weighted by Crippen LogP contribution is 2.24. The first kappa shape index (κ1) is 18.0. The van der Waals surface area contributed by atoms with Gasteiger partial charge in [0.1, 0.15) is 11.5 Å². The van der Waals surface area contributed by atoms with Gasteiger partial charge in [0.25, 0.3) is 5.91 Å². The van der Waals surface area contributed by atoms with Crippen LogP contribution in [0.15, 0.2) is 59.1 Å². The maximum atomic E-state index is 12.9. The number of nitrogens with zero attached hydrogens (tertiary/aromatic N) is 2. The zero-order chi connectivity index (χ0) is 18.5. The second-order valence-corrected chi connectivity index (χ2v) is 6.24. The Balaban J connectivity index is 1.81. The van der Waals surface area contributed by atoms with Crippen LogP contribution in [0.3, 0.4) is 0 Å². The molecule has 1 aromatic heterocycles. The monoisotopic (exact) mass is 370 g/mol. The number of hydrogen-bond donors (Lipinski definition) is 0. The molecule has 0 saturated heterocycles. The predicted octanol–water partition coefficient (Wildman–Crippen LogP) is 4.56. The van der Waals surface area contributed by atoms with E-state index in [0.29, 0.717) is 23.1 Å². The van der Waals surface area contributed by atoms with Crippen molar-refractivity contribution in [2.75, 3.05) is 11.5 Å². The van der Waals surface area contributed by atoms with Crippen molar-refractivity contribution in [3.8, 4) is 5.75 Å². The van der Waals surface area contributed by atoms with Gasteiger partial charge in [-0.05, 0) is 38.1 Å². The van der Waals surface area contributed by atoms with Crippen LogP contribution in [0.4, 0.5) is 5.69 Å². The fourth-order valence-corrected chi connectivity index (χ4v) is 2.79. The van der Waals surface area contributed by atoms with E-state index in [-0.39, 0.29) is 12.5 Å². The van der Waals surface area contributed by atoms with Gasteiger partial charge in [-0.2, -0.15) is 0 Å². The number of aromatic nitrogens is 1. The summed E-state index contributed by atoms with van der Waals surface area (Å²) in [6.07, 6.45) is 0. The number of halogens is 1. The second-order valence-electron chi connectivity index (χ2n) is 5.84. The largest absolute Gasteiger partial charge is 0.482 e. The standard InChI is InChI=1S/C20H19ClN2O3/c1-14-17(15(2)26-22-14)12-23(16-8-4-3-5-9-16)20(24)13-25-19-11-7-6-10-18(19)21/h3-11H,12-13H2,1-2H3. The molecule has 134 valence electrons. The number of anilines is 1. The van der Waals surface area contributed by atoms with E-state index in [0.717, 1.165) is 16.9 Å². The quantitative estimate of drug-likeness (QED) is 0.638. The van der Waals surface area contributed by atoms with Crippen molar-refractivity contribution in [1.29, 1.82) is 0 Å². The Labute approximate surface area is 157 Å². The Morgan fingerprint density at radius 2 is 1.81 bits per heavy atom. The second kappa shape index (κ2) is 8.06. The molecule has 3 rings (SSSR count). The summed E-state index contributed by atoms with van der Waals surface area (Å²) in [4.78, 5) is 14.5. The molecular formula is C20H19ClN2O3. The summed E-state index contributed by atoms with van der Waals surface area (Å²) in [5.74, 6) is 0.993. The molecule has 0 atom stereocenters. The fourth-order valence-electron chi connectivity index (χ4n) is 2.60. The summed E-state index contributed by atoms with van der Waals surface area (Å²) in [6.45, 7) is 3.93. The van der Waals surface area contributed by atoms with E-state index in [4.69, 9.17) is 20.9 Å². The number of benzene rings is 2. The lowest BCUT2D eigenvalue weighted by atomic mass is 10.1. The lowest BCUT2D eigenvalue weighted by Crippen LogP contribution is -2.34. The molecule has 0 aliphatic heterocycles. The number of para-hydroxylation sites is 2. The summed E-state index contributed by atoms with van der Waals surface area (Å²) in [5.41, 5.74) is 2.43. The average Bonchev–Trinajstić information content (AvgIpc) is 2.97. The summed E-state index contributed by atoms with van der Waals surface area (Å²) in [5, 5.41) is 4.44. The average molecular weight is 371 g/mol. The van der Waals surface area contributed by atoms with Crippen LogP contribution in [0.25, 0.3) is 0 Å². The number of carbonyl (C=O) groups excluding carboxylic acids is 1. The summed E-state index contributed by atoms with van der Waals surface area (Å²) in [6, 6.07) is 16.5. The van der Waals surface area contributed by atoms with Crippen LogP contribution >= 0.6 is 11.6 Å². The molecule has 5 nitrogen and oxygen atoms in total. The van der Waals surface area contributed by atoms with E-state index >= 15 is 0 Å². The van der Waals surface area contributed by atoms with Crippen molar-refractivity contribution in [2.45, 2.75) is 20.4 Å². The van der Waals surface area contributed by atoms with Crippen LogP contribution in [-0.4, -0.2) is 17.7 Å². The van der Waals surface area contributed by atoms with Crippen molar-refractivity contribution in [3.05, 3.63) is 76.6 Å². The number of aryl methyl sites for hydroxylation is 2. The molecule has 1 heterocycles. The van der Waals surface area contributed by atoms with Gasteiger partial charge in [-0.25, -0.2) is 0 Å². The lowest BCUT2D eigenvalue weighted by molar-refractivity contribution is -0.120. The third-order valence-electron chi connectivity index (χ3n) is 4.05. The highest BCUT2D eigenvalue weighted by atomic mass is 35.5. The fraction of sp³-hybridized carbons (Fsp3) is 0.200. The highest BCUT2D eigenvalue weighted by molar-refractivity contribution is 6.32. The maximum absolute atomic E-state index is 12.9. The van der Waals surface area contributed by atoms with E-state index in [1.54, 1.807) is 17.0 Å². The van der Waals surface area contributed by atoms with Gasteiger partial charge in [0, 0.05) is 11.3 Å². The van der Waals surface area contributed by atoms with Crippen LogP contribution in [0, 0.1) is 13.8 Å². The van der Waals surface area contributed by atoms with Crippen molar-refractivity contribution in [1.82, 2.24) is 5.16 Å². The van der Waals surface area contributed by atoms with E-state index in [1.807, 2.05) is 56.3 Å². The smallest absolute Gasteiger partial charge is 0.265 e. The summed E-state index contributed by atoms with van der Waals surface area (Å²) < 4.78 is 10.8. The Morgan fingerprint density at radius 1 is 1.12 bits per heavy atom. The van der Waals surface area contributed by atoms with Gasteiger partial charge >= 0.3 is 0 Å². The highest BCUT2D eigenvalue weighted by Gasteiger charge is 2.21. The van der Waals surface area contributed by atoms with Crippen molar-refractivity contribution in [2.24, 2.45) is 0 Å². The van der Waals surface area contributed by atoms with E-state index in [9.17, 15) is 4.79 Å². The molecule has 0 spiro atoms. The minimum Gasteiger partial charge on any atom is -0.482 e. The molecule has 26 heavy (non-hydrogen) atoms. The van der Waals surface area contributed by atoms with Gasteiger partial charge in [0.2, 0.25) is 0 Å². The molecule has 0 radical (unpaired) electrons. The SMILES string of the molecule is Cc1noc(C)c1CN(C(=O)COc1ccccc1Cl)c1ccccc1. The van der Waals surface area contributed by atoms with E-state index in [1.165, 1.54) is 0 Å². The number of ether oxygens (including phenoxy) is 1. The third-order valence-corrected chi connectivity index (χ3v) is 4.37. The summed E-state index contributed by atoms with van der Waals surface area (Å²) in [7, 11) is 0. The van der Waals surface area contributed by atoms with Gasteiger partial charge in [0.05, 0.1) is 17.3 Å². The molecule has 0 aliphatic carbocycles. The minimum absolute atomic E-state index is 0.123. The van der Waals surface area contributed by atoms with E-state index < -0.39 is 0 Å². The van der Waals surface area contributed by atoms with Crippen molar-refractivity contribution in [3.63, 3.8) is 0 Å². The Morgan fingerprint density at radius 3 is 2.46 bits per heavy atom. The molecule has 0 bridgehead atoms. The van der Waals surface area contributed by atoms with Crippen LogP contribution in [0.1, 0.15) is 17.0 Å². The molecular weight excluding hydrogens is 352 g/mol. The lowest BCUT2D eigenvalue weighted by Gasteiger charge is -2.23. The van der Waals surface area contributed by atoms with Crippen LogP contribution in [-0.2, 0) is 11.3 Å². The predicted molar refractivity (Wildman–Crippen MR) is 101 cm³/mol. The van der Waals surface area contributed by atoms with Gasteiger partial charge < -0.3 is 14.2 Å². The topological polar surface area (TPSA) is 55.6 Å². The Kier molecular flexibility index (Phi) is 5.58. The zero-order valence-electron chi connectivity index (χ0n) is 14.6. The van der Waals surface area contributed by atoms with Crippen LogP contribution < -0.4 is 9.64 Å². The molecule has 1 amide bonds. The molecule has 0 unspecified atom stereocenters. The molecule has 0 N–H and O–H groups in total.